The van der Waals surface area contributed by atoms with Gasteiger partial charge in [-0.05, 0) is 103 Å². The summed E-state index contributed by atoms with van der Waals surface area (Å²) in [5.74, 6) is 0. The third kappa shape index (κ3) is 14.1. The van der Waals surface area contributed by atoms with Crippen molar-refractivity contribution in [2.75, 3.05) is 0 Å². The monoisotopic (exact) mass is 861 g/mol. The molecule has 0 unspecified atom stereocenters. The van der Waals surface area contributed by atoms with Crippen molar-refractivity contribution in [1.29, 1.82) is 0 Å². The Labute approximate surface area is 371 Å². The van der Waals surface area contributed by atoms with Gasteiger partial charge in [-0.1, -0.05) is 146 Å². The van der Waals surface area contributed by atoms with Gasteiger partial charge < -0.3 is 49.6 Å². The molecule has 10 heteroatoms. The second kappa shape index (κ2) is 22.6. The Bertz CT molecular complexity index is 1750. The molecule has 2 aliphatic carbocycles. The largest absolute Gasteiger partial charge is 0.388 e. The van der Waals surface area contributed by atoms with Crippen molar-refractivity contribution in [2.45, 2.75) is 182 Å². The van der Waals surface area contributed by atoms with Crippen molar-refractivity contribution < 1.29 is 49.6 Å². The van der Waals surface area contributed by atoms with Crippen LogP contribution in [0, 0.1) is 10.8 Å². The average molecular weight is 861 g/mol. The van der Waals surface area contributed by atoms with Crippen LogP contribution in [0.1, 0.15) is 109 Å². The van der Waals surface area contributed by atoms with Gasteiger partial charge in [-0.15, -0.1) is 0 Å². The summed E-state index contributed by atoms with van der Waals surface area (Å²) >= 11 is 0. The molecule has 2 aliphatic heterocycles. The summed E-state index contributed by atoms with van der Waals surface area (Å²) < 4.78 is 23.7. The molecule has 2 heterocycles. The number of rotatable bonds is 14. The van der Waals surface area contributed by atoms with Gasteiger partial charge in [0.05, 0.1) is 24.4 Å². The first-order valence-corrected chi connectivity index (χ1v) is 22.2. The lowest BCUT2D eigenvalue weighted by atomic mass is 9.71. The normalized spacial score (nSPS) is 35.8. The summed E-state index contributed by atoms with van der Waals surface area (Å²) in [4.78, 5) is 0. The first kappa shape index (κ1) is 51.4. The zero-order chi connectivity index (χ0) is 46.1. The molecular weight excluding hydrogens is 785 g/mol. The van der Waals surface area contributed by atoms with Crippen LogP contribution in [0.25, 0.3) is 0 Å². The van der Waals surface area contributed by atoms with Crippen LogP contribution >= 0.6 is 0 Å². The Hall–Kier alpha value is -3.26. The van der Waals surface area contributed by atoms with E-state index in [1.807, 2.05) is 12.2 Å². The second-order valence-electron chi connectivity index (χ2n) is 19.3. The summed E-state index contributed by atoms with van der Waals surface area (Å²) in [6.07, 6.45) is 21.1. The first-order valence-electron chi connectivity index (χ1n) is 22.2. The van der Waals surface area contributed by atoms with Crippen LogP contribution in [0.2, 0.25) is 0 Å². The fraction of sp³-hybridized carbons (Fsp3) is 0.577. The molecule has 2 saturated heterocycles. The van der Waals surface area contributed by atoms with E-state index in [0.29, 0.717) is 12.8 Å². The van der Waals surface area contributed by atoms with Gasteiger partial charge in [0.2, 0.25) is 0 Å². The topological polar surface area (TPSA) is 158 Å². The van der Waals surface area contributed by atoms with Crippen LogP contribution < -0.4 is 0 Å². The molecule has 0 bridgehead atoms. The van der Waals surface area contributed by atoms with E-state index < -0.39 is 61.4 Å². The standard InChI is InChI=1S/C52H76O10/c1-31(19-15-21-33(3)23-25-41-35(5)27-39(29-51(41,9)10)61-49-47(57)45(55)43(53)37(7)59-49)17-13-14-18-32(2)20-16-22-34(4)24-26-42-36(6)28-40(30-52(42,11)12)62-50-48(58)46(56)44(54)38(8)60-50/h13-26,37-40,43-50,53-58H,27-30H2,1-12H3/b14-13+,19-15+,20-16+,25-23+,26-24+,31-17+,32-18+,33-21+,34-22+/t37-,38+,39-,40+,43-,44-,45-,46+,47+,48-,49-,50-/m0/s1. The van der Waals surface area contributed by atoms with Crippen LogP contribution in [0.3, 0.4) is 0 Å². The van der Waals surface area contributed by atoms with Crippen LogP contribution in [0.15, 0.2) is 130 Å². The van der Waals surface area contributed by atoms with E-state index in [-0.39, 0.29) is 23.0 Å². The van der Waals surface area contributed by atoms with Gasteiger partial charge in [0.1, 0.15) is 36.6 Å². The minimum atomic E-state index is -1.31. The van der Waals surface area contributed by atoms with Gasteiger partial charge >= 0.3 is 0 Å². The number of aliphatic hydroxyl groups excluding tert-OH is 6. The smallest absolute Gasteiger partial charge is 0.186 e. The van der Waals surface area contributed by atoms with Crippen LogP contribution in [0.5, 0.6) is 0 Å². The van der Waals surface area contributed by atoms with E-state index in [4.69, 9.17) is 18.9 Å². The molecular formula is C52H76O10. The van der Waals surface area contributed by atoms with E-state index >= 15 is 0 Å². The van der Waals surface area contributed by atoms with Gasteiger partial charge in [0.15, 0.2) is 12.6 Å². The summed E-state index contributed by atoms with van der Waals surface area (Å²) in [6, 6.07) is 0. The van der Waals surface area contributed by atoms with Gasteiger partial charge in [-0.2, -0.15) is 0 Å². The zero-order valence-electron chi connectivity index (χ0n) is 39.2. The quantitative estimate of drug-likeness (QED) is 0.0940. The first-order chi connectivity index (χ1) is 29.0. The summed E-state index contributed by atoms with van der Waals surface area (Å²) in [7, 11) is 0. The highest BCUT2D eigenvalue weighted by Crippen LogP contribution is 2.44. The SMILES string of the molecule is CC1=C(/C=C/C(C)=C/C=C/C(C)=C/C=C/C=C(C)/C=C/C=C(C)/C=C/C2=C(C)C[C@H](O[C@@H]3O[C@@H](C)[C@H](O)[C@H](O)[C@H]3O)CC2(C)C)C(C)(C)C[C@H](O[C@@H]2O[C@H](C)[C@H](O)[C@@H](O)[C@@H]2O)C1. The molecule has 0 saturated carbocycles. The highest BCUT2D eigenvalue weighted by atomic mass is 16.7. The summed E-state index contributed by atoms with van der Waals surface area (Å²) in [5.41, 5.74) is 9.11. The average Bonchev–Trinajstić information content (AvgIpc) is 3.17. The molecule has 10 nitrogen and oxygen atoms in total. The van der Waals surface area contributed by atoms with Crippen LogP contribution in [-0.2, 0) is 18.9 Å². The number of aliphatic hydroxyl groups is 6. The third-order valence-electron chi connectivity index (χ3n) is 12.5. The van der Waals surface area contributed by atoms with Crippen LogP contribution in [0.4, 0.5) is 0 Å². The highest BCUT2D eigenvalue weighted by molar-refractivity contribution is 5.39. The van der Waals surface area contributed by atoms with Crippen molar-refractivity contribution in [2.24, 2.45) is 10.8 Å². The van der Waals surface area contributed by atoms with Crippen molar-refractivity contribution in [1.82, 2.24) is 0 Å². The van der Waals surface area contributed by atoms with E-state index in [1.165, 1.54) is 22.3 Å². The fourth-order valence-electron chi connectivity index (χ4n) is 8.89. The van der Waals surface area contributed by atoms with Gasteiger partial charge in [0.25, 0.3) is 0 Å². The van der Waals surface area contributed by atoms with E-state index in [1.54, 1.807) is 13.8 Å². The van der Waals surface area contributed by atoms with Gasteiger partial charge in [-0.3, -0.25) is 0 Å². The molecule has 0 radical (unpaired) electrons. The Kier molecular flexibility index (Phi) is 18.7. The summed E-state index contributed by atoms with van der Waals surface area (Å²) in [5, 5.41) is 61.4. The maximum absolute atomic E-state index is 10.4. The molecule has 4 aliphatic rings. The molecule has 0 amide bonds. The maximum Gasteiger partial charge on any atom is 0.186 e. The molecule has 0 aromatic carbocycles. The molecule has 4 rings (SSSR count). The Morgan fingerprint density at radius 3 is 1.16 bits per heavy atom. The Morgan fingerprint density at radius 2 is 0.823 bits per heavy atom. The van der Waals surface area contributed by atoms with Gasteiger partial charge in [-0.25, -0.2) is 0 Å². The fourth-order valence-corrected chi connectivity index (χ4v) is 8.89. The third-order valence-corrected chi connectivity index (χ3v) is 12.5. The lowest BCUT2D eigenvalue weighted by Crippen LogP contribution is -2.58. The predicted molar refractivity (Wildman–Crippen MR) is 247 cm³/mol. The molecule has 62 heavy (non-hydrogen) atoms. The molecule has 0 spiro atoms. The minimum Gasteiger partial charge on any atom is -0.388 e. The minimum absolute atomic E-state index is 0.170. The highest BCUT2D eigenvalue weighted by Gasteiger charge is 2.46. The van der Waals surface area contributed by atoms with E-state index in [9.17, 15) is 30.6 Å². The van der Waals surface area contributed by atoms with E-state index in [2.05, 4.69) is 142 Å². The van der Waals surface area contributed by atoms with Crippen molar-refractivity contribution in [3.05, 3.63) is 130 Å². The molecule has 6 N–H and O–H groups in total. The lowest BCUT2D eigenvalue weighted by molar-refractivity contribution is -0.305. The van der Waals surface area contributed by atoms with Gasteiger partial charge in [0, 0.05) is 0 Å². The number of allylic oxidation sites excluding steroid dienone is 20. The van der Waals surface area contributed by atoms with Crippen LogP contribution in [-0.4, -0.2) is 104 Å². The second-order valence-corrected chi connectivity index (χ2v) is 19.3. The van der Waals surface area contributed by atoms with E-state index in [0.717, 1.165) is 35.1 Å². The van der Waals surface area contributed by atoms with Crippen molar-refractivity contribution >= 4 is 0 Å². The Morgan fingerprint density at radius 1 is 0.500 bits per heavy atom. The lowest BCUT2D eigenvalue weighted by Gasteiger charge is -2.43. The van der Waals surface area contributed by atoms with Crippen molar-refractivity contribution in [3.8, 4) is 0 Å². The number of ether oxygens (including phenoxy) is 4. The molecule has 0 aromatic rings. The Balaban J connectivity index is 1.25. The number of hydrogen-bond acceptors (Lipinski definition) is 10. The summed E-state index contributed by atoms with van der Waals surface area (Å²) in [6.45, 7) is 24.6. The molecule has 12 atom stereocenters. The predicted octanol–water partition coefficient (Wildman–Crippen LogP) is 8.25. The number of hydrogen-bond donors (Lipinski definition) is 6. The molecule has 344 valence electrons. The maximum atomic E-state index is 10.4. The molecule has 0 aromatic heterocycles. The molecule has 2 fully saturated rings. The van der Waals surface area contributed by atoms with Crippen molar-refractivity contribution in [3.63, 3.8) is 0 Å². The zero-order valence-corrected chi connectivity index (χ0v) is 39.2.